The Morgan fingerprint density at radius 1 is 1.36 bits per heavy atom. The van der Waals surface area contributed by atoms with Crippen LogP contribution in [0.5, 0.6) is 0 Å². The summed E-state index contributed by atoms with van der Waals surface area (Å²) >= 11 is 0. The summed E-state index contributed by atoms with van der Waals surface area (Å²) in [7, 11) is -3.31. The number of ether oxygens (including phenoxy) is 1. The zero-order valence-corrected chi connectivity index (χ0v) is 15.6. The molecule has 1 aromatic carbocycles. The predicted molar refractivity (Wildman–Crippen MR) is 94.9 cm³/mol. The van der Waals surface area contributed by atoms with Crippen molar-refractivity contribution in [2.24, 2.45) is 5.92 Å². The molecule has 0 bridgehead atoms. The van der Waals surface area contributed by atoms with Crippen LogP contribution in [0.4, 0.5) is 5.69 Å². The average molecular weight is 368 g/mol. The van der Waals surface area contributed by atoms with Gasteiger partial charge in [0.05, 0.1) is 24.3 Å². The number of sulfonamides is 1. The third-order valence-corrected chi connectivity index (χ3v) is 5.50. The van der Waals surface area contributed by atoms with E-state index in [-0.39, 0.29) is 19.1 Å². The van der Waals surface area contributed by atoms with Crippen molar-refractivity contribution >= 4 is 27.6 Å². The normalized spacial score (nSPS) is 18.6. The maximum atomic E-state index is 12.6. The number of hydrogen-bond acceptors (Lipinski definition) is 5. The largest absolute Gasteiger partial charge is 0.462 e. The molecular weight excluding hydrogens is 344 g/mol. The molecular formula is C17H24N2O5S. The first-order valence-electron chi connectivity index (χ1n) is 8.26. The van der Waals surface area contributed by atoms with Gasteiger partial charge < -0.3 is 10.1 Å². The highest BCUT2D eigenvalue weighted by atomic mass is 32.2. The number of piperidine rings is 1. The third-order valence-electron chi connectivity index (χ3n) is 4.23. The lowest BCUT2D eigenvalue weighted by atomic mass is 9.98. The quantitative estimate of drug-likeness (QED) is 0.800. The second-order valence-corrected chi connectivity index (χ2v) is 8.18. The van der Waals surface area contributed by atoms with Crippen molar-refractivity contribution in [1.29, 1.82) is 0 Å². The van der Waals surface area contributed by atoms with E-state index in [1.165, 1.54) is 4.31 Å². The first-order chi connectivity index (χ1) is 11.7. The van der Waals surface area contributed by atoms with Gasteiger partial charge in [-0.2, -0.15) is 0 Å². The lowest BCUT2D eigenvalue weighted by Gasteiger charge is -2.30. The van der Waals surface area contributed by atoms with Crippen LogP contribution < -0.4 is 5.32 Å². The Balaban J connectivity index is 2.12. The molecule has 0 unspecified atom stereocenters. The van der Waals surface area contributed by atoms with Crippen molar-refractivity contribution in [3.8, 4) is 0 Å². The molecule has 8 heteroatoms. The Kier molecular flexibility index (Phi) is 6.18. The molecule has 1 N–H and O–H groups in total. The van der Waals surface area contributed by atoms with Crippen molar-refractivity contribution in [2.45, 2.75) is 26.7 Å². The molecule has 1 amide bonds. The van der Waals surface area contributed by atoms with Gasteiger partial charge in [0.2, 0.25) is 15.9 Å². The summed E-state index contributed by atoms with van der Waals surface area (Å²) in [4.78, 5) is 24.4. The topological polar surface area (TPSA) is 92.8 Å². The standard InChI is InChI=1S/C17H24N2O5S/c1-4-24-17(21)13-8-7-12(2)15(10-13)18-16(20)14-6-5-9-19(11-14)25(3,22)23/h7-8,10,14H,4-6,9,11H2,1-3H3,(H,18,20)/t14-/m0/s1. The van der Waals surface area contributed by atoms with Gasteiger partial charge in [0.25, 0.3) is 0 Å². The minimum absolute atomic E-state index is 0.182. The number of rotatable bonds is 5. The smallest absolute Gasteiger partial charge is 0.338 e. The fourth-order valence-electron chi connectivity index (χ4n) is 2.79. The van der Waals surface area contributed by atoms with E-state index in [4.69, 9.17) is 4.74 Å². The van der Waals surface area contributed by atoms with Gasteiger partial charge in [-0.05, 0) is 44.4 Å². The van der Waals surface area contributed by atoms with Crippen LogP contribution in [0.25, 0.3) is 0 Å². The zero-order valence-electron chi connectivity index (χ0n) is 14.7. The summed E-state index contributed by atoms with van der Waals surface area (Å²) in [5.74, 6) is -1.09. The number of anilines is 1. The third kappa shape index (κ3) is 5.02. The molecule has 0 aliphatic carbocycles. The van der Waals surface area contributed by atoms with Crippen LogP contribution in [-0.2, 0) is 19.6 Å². The van der Waals surface area contributed by atoms with Crippen molar-refractivity contribution in [3.05, 3.63) is 29.3 Å². The molecule has 7 nitrogen and oxygen atoms in total. The summed E-state index contributed by atoms with van der Waals surface area (Å²) in [6.45, 7) is 4.46. The van der Waals surface area contributed by atoms with Gasteiger partial charge in [-0.3, -0.25) is 4.79 Å². The van der Waals surface area contributed by atoms with Crippen molar-refractivity contribution in [1.82, 2.24) is 4.31 Å². The summed E-state index contributed by atoms with van der Waals surface area (Å²) in [5, 5.41) is 2.82. The van der Waals surface area contributed by atoms with Crippen LogP contribution in [-0.4, -0.2) is 50.6 Å². The molecule has 1 heterocycles. The molecule has 0 saturated carbocycles. The highest BCUT2D eigenvalue weighted by molar-refractivity contribution is 7.88. The molecule has 0 aromatic heterocycles. The molecule has 2 rings (SSSR count). The zero-order chi connectivity index (χ0) is 18.6. The fraction of sp³-hybridized carbons (Fsp3) is 0.529. The summed E-state index contributed by atoms with van der Waals surface area (Å²) in [6.07, 6.45) is 2.43. The second-order valence-electron chi connectivity index (χ2n) is 6.20. The van der Waals surface area contributed by atoms with E-state index in [1.54, 1.807) is 25.1 Å². The molecule has 1 aliphatic heterocycles. The van der Waals surface area contributed by atoms with E-state index in [1.807, 2.05) is 6.92 Å². The van der Waals surface area contributed by atoms with Gasteiger partial charge >= 0.3 is 5.97 Å². The number of esters is 1. The van der Waals surface area contributed by atoms with Crippen LogP contribution in [0.2, 0.25) is 0 Å². The molecule has 25 heavy (non-hydrogen) atoms. The number of nitrogens with zero attached hydrogens (tertiary/aromatic N) is 1. The highest BCUT2D eigenvalue weighted by Gasteiger charge is 2.30. The van der Waals surface area contributed by atoms with E-state index >= 15 is 0 Å². The van der Waals surface area contributed by atoms with E-state index in [9.17, 15) is 18.0 Å². The lowest BCUT2D eigenvalue weighted by Crippen LogP contribution is -2.43. The number of nitrogens with one attached hydrogen (secondary N) is 1. The maximum Gasteiger partial charge on any atom is 0.338 e. The van der Waals surface area contributed by atoms with Crippen molar-refractivity contribution in [3.63, 3.8) is 0 Å². The first-order valence-corrected chi connectivity index (χ1v) is 10.1. The minimum atomic E-state index is -3.31. The van der Waals surface area contributed by atoms with E-state index in [0.717, 1.165) is 11.8 Å². The summed E-state index contributed by atoms with van der Waals surface area (Å²) in [6, 6.07) is 4.98. The molecule has 1 atom stereocenters. The number of amides is 1. The molecule has 0 radical (unpaired) electrons. The number of aryl methyl sites for hydroxylation is 1. The molecule has 1 aromatic rings. The van der Waals surface area contributed by atoms with E-state index in [2.05, 4.69) is 5.32 Å². The highest BCUT2D eigenvalue weighted by Crippen LogP contribution is 2.23. The van der Waals surface area contributed by atoms with Gasteiger partial charge in [0.15, 0.2) is 0 Å². The average Bonchev–Trinajstić information content (AvgIpc) is 2.56. The number of benzene rings is 1. The first kappa shape index (κ1) is 19.4. The lowest BCUT2D eigenvalue weighted by molar-refractivity contribution is -0.120. The second kappa shape index (κ2) is 7.97. The van der Waals surface area contributed by atoms with Crippen LogP contribution in [0.3, 0.4) is 0 Å². The molecule has 1 fully saturated rings. The van der Waals surface area contributed by atoms with Crippen molar-refractivity contribution < 1.29 is 22.7 Å². The Bertz CT molecular complexity index is 760. The van der Waals surface area contributed by atoms with E-state index < -0.39 is 21.9 Å². The fourth-order valence-corrected chi connectivity index (χ4v) is 3.70. The van der Waals surface area contributed by atoms with E-state index in [0.29, 0.717) is 30.6 Å². The molecule has 1 aliphatic rings. The SMILES string of the molecule is CCOC(=O)c1ccc(C)c(NC(=O)[C@H]2CCCN(S(C)(=O)=O)C2)c1. The van der Waals surface area contributed by atoms with Crippen LogP contribution in [0, 0.1) is 12.8 Å². The Hall–Kier alpha value is -1.93. The number of hydrogen-bond donors (Lipinski definition) is 1. The van der Waals surface area contributed by atoms with Gasteiger partial charge in [0, 0.05) is 18.8 Å². The van der Waals surface area contributed by atoms with Gasteiger partial charge in [-0.25, -0.2) is 17.5 Å². The van der Waals surface area contributed by atoms with Gasteiger partial charge in [0.1, 0.15) is 0 Å². The van der Waals surface area contributed by atoms with Gasteiger partial charge in [-0.1, -0.05) is 6.07 Å². The predicted octanol–water partition coefficient (Wildman–Crippen LogP) is 1.78. The number of carbonyl (C=O) groups is 2. The number of carbonyl (C=O) groups excluding carboxylic acids is 2. The molecule has 0 spiro atoms. The van der Waals surface area contributed by atoms with Gasteiger partial charge in [-0.15, -0.1) is 0 Å². The summed E-state index contributed by atoms with van der Waals surface area (Å²) in [5.41, 5.74) is 1.72. The van der Waals surface area contributed by atoms with Crippen molar-refractivity contribution in [2.75, 3.05) is 31.3 Å². The van der Waals surface area contributed by atoms with Crippen LogP contribution >= 0.6 is 0 Å². The Morgan fingerprint density at radius 3 is 2.72 bits per heavy atom. The Labute approximate surface area is 148 Å². The molecule has 138 valence electrons. The maximum absolute atomic E-state index is 12.6. The molecule has 1 saturated heterocycles. The summed E-state index contributed by atoms with van der Waals surface area (Å²) < 4.78 is 29.7. The minimum Gasteiger partial charge on any atom is -0.462 e. The van der Waals surface area contributed by atoms with Crippen LogP contribution in [0.15, 0.2) is 18.2 Å². The monoisotopic (exact) mass is 368 g/mol. The van der Waals surface area contributed by atoms with Crippen LogP contribution in [0.1, 0.15) is 35.7 Å². The Morgan fingerprint density at radius 2 is 2.08 bits per heavy atom.